The van der Waals surface area contributed by atoms with E-state index in [1.165, 1.54) is 9.13 Å². The van der Waals surface area contributed by atoms with Crippen molar-refractivity contribution in [3.8, 4) is 5.75 Å². The van der Waals surface area contributed by atoms with E-state index in [1.54, 1.807) is 0 Å². The Kier molecular flexibility index (Phi) is 4.03. The van der Waals surface area contributed by atoms with Crippen LogP contribution in [0.15, 0.2) is 18.2 Å². The molecule has 0 aliphatic carbocycles. The van der Waals surface area contributed by atoms with E-state index in [0.717, 1.165) is 12.4 Å². The van der Waals surface area contributed by atoms with Gasteiger partial charge in [-0.25, -0.2) is 0 Å². The second kappa shape index (κ2) is 4.84. The number of aryl methyl sites for hydroxylation is 1. The van der Waals surface area contributed by atoms with Gasteiger partial charge < -0.3 is 4.74 Å². The zero-order chi connectivity index (χ0) is 9.84. The lowest BCUT2D eigenvalue weighted by Gasteiger charge is -2.09. The van der Waals surface area contributed by atoms with Crippen LogP contribution < -0.4 is 4.74 Å². The van der Waals surface area contributed by atoms with Crippen molar-refractivity contribution in [3.05, 3.63) is 27.3 Å². The Bertz CT molecular complexity index is 261. The van der Waals surface area contributed by atoms with Crippen LogP contribution in [0.5, 0.6) is 5.75 Å². The number of hydrogen-bond acceptors (Lipinski definition) is 1. The molecule has 0 amide bonds. The van der Waals surface area contributed by atoms with E-state index in [1.807, 2.05) is 0 Å². The lowest BCUT2D eigenvalue weighted by Crippen LogP contribution is -2.04. The van der Waals surface area contributed by atoms with Gasteiger partial charge >= 0.3 is 0 Å². The second-order valence-corrected chi connectivity index (χ2v) is 4.91. The van der Waals surface area contributed by atoms with Crippen LogP contribution >= 0.6 is 22.6 Å². The summed E-state index contributed by atoms with van der Waals surface area (Å²) in [6, 6.07) is 6.28. The molecular formula is C11H15IO. The number of rotatable bonds is 3. The number of halogens is 1. The topological polar surface area (TPSA) is 9.23 Å². The van der Waals surface area contributed by atoms with E-state index >= 15 is 0 Å². The molecule has 1 rings (SSSR count). The summed E-state index contributed by atoms with van der Waals surface area (Å²) in [6.07, 6.45) is 0. The van der Waals surface area contributed by atoms with Crippen LogP contribution in [0.2, 0.25) is 0 Å². The number of ether oxygens (including phenoxy) is 1. The molecule has 1 aromatic rings. The Balaban J connectivity index is 2.66. The molecule has 0 saturated carbocycles. The largest absolute Gasteiger partial charge is 0.493 e. The van der Waals surface area contributed by atoms with Crippen LogP contribution in [0, 0.1) is 16.4 Å². The first-order chi connectivity index (χ1) is 6.08. The Morgan fingerprint density at radius 2 is 2.00 bits per heavy atom. The fourth-order valence-electron chi connectivity index (χ4n) is 1.05. The number of hydrogen-bond donors (Lipinski definition) is 0. The van der Waals surface area contributed by atoms with Gasteiger partial charge in [0.2, 0.25) is 0 Å². The van der Waals surface area contributed by atoms with Crippen molar-refractivity contribution in [1.82, 2.24) is 0 Å². The van der Waals surface area contributed by atoms with Crippen molar-refractivity contribution < 1.29 is 4.74 Å². The first-order valence-corrected chi connectivity index (χ1v) is 5.56. The summed E-state index contributed by atoms with van der Waals surface area (Å²) in [6.45, 7) is 7.19. The Morgan fingerprint density at radius 1 is 1.31 bits per heavy atom. The van der Waals surface area contributed by atoms with Crippen molar-refractivity contribution in [1.29, 1.82) is 0 Å². The van der Waals surface area contributed by atoms with Crippen LogP contribution in [0.1, 0.15) is 19.4 Å². The first kappa shape index (κ1) is 10.8. The quantitative estimate of drug-likeness (QED) is 0.772. The molecular weight excluding hydrogens is 275 g/mol. The van der Waals surface area contributed by atoms with Crippen LogP contribution in [-0.2, 0) is 0 Å². The van der Waals surface area contributed by atoms with Crippen molar-refractivity contribution >= 4 is 22.6 Å². The molecule has 1 nitrogen and oxygen atoms in total. The van der Waals surface area contributed by atoms with Gasteiger partial charge in [-0.05, 0) is 59.2 Å². The minimum atomic E-state index is 0.582. The Hall–Kier alpha value is -0.250. The highest BCUT2D eigenvalue weighted by molar-refractivity contribution is 14.1. The Labute approximate surface area is 93.6 Å². The van der Waals surface area contributed by atoms with E-state index < -0.39 is 0 Å². The molecule has 0 aliphatic heterocycles. The molecule has 0 fully saturated rings. The predicted molar refractivity (Wildman–Crippen MR) is 64.2 cm³/mol. The van der Waals surface area contributed by atoms with Gasteiger partial charge in [0.15, 0.2) is 0 Å². The molecule has 0 atom stereocenters. The van der Waals surface area contributed by atoms with Gasteiger partial charge in [-0.2, -0.15) is 0 Å². The average molecular weight is 290 g/mol. The van der Waals surface area contributed by atoms with Crippen LogP contribution in [0.3, 0.4) is 0 Å². The molecule has 0 aliphatic rings. The Morgan fingerprint density at radius 3 is 2.54 bits per heavy atom. The minimum Gasteiger partial charge on any atom is -0.493 e. The van der Waals surface area contributed by atoms with Gasteiger partial charge in [-0.3, -0.25) is 0 Å². The van der Waals surface area contributed by atoms with Crippen LogP contribution in [0.25, 0.3) is 0 Å². The zero-order valence-corrected chi connectivity index (χ0v) is 10.5. The summed E-state index contributed by atoms with van der Waals surface area (Å²) in [5.41, 5.74) is 1.26. The second-order valence-electron chi connectivity index (χ2n) is 3.67. The standard InChI is InChI=1S/C11H15IO/c1-8(2)7-13-11-5-9(3)4-10(12)6-11/h4-6,8H,7H2,1-3H3. The number of benzene rings is 1. The highest BCUT2D eigenvalue weighted by Gasteiger charge is 1.99. The van der Waals surface area contributed by atoms with E-state index in [2.05, 4.69) is 61.6 Å². The van der Waals surface area contributed by atoms with Gasteiger partial charge in [-0.1, -0.05) is 13.8 Å². The maximum atomic E-state index is 5.62. The third kappa shape index (κ3) is 3.98. The van der Waals surface area contributed by atoms with Gasteiger partial charge in [0.05, 0.1) is 6.61 Å². The summed E-state index contributed by atoms with van der Waals surface area (Å²) >= 11 is 2.31. The van der Waals surface area contributed by atoms with Gasteiger partial charge in [0.1, 0.15) is 5.75 Å². The molecule has 2 heteroatoms. The van der Waals surface area contributed by atoms with E-state index in [9.17, 15) is 0 Å². The molecule has 0 N–H and O–H groups in total. The predicted octanol–water partition coefficient (Wildman–Crippen LogP) is 3.63. The molecule has 0 spiro atoms. The third-order valence-corrected chi connectivity index (χ3v) is 2.22. The lowest BCUT2D eigenvalue weighted by atomic mass is 10.2. The zero-order valence-electron chi connectivity index (χ0n) is 8.30. The van der Waals surface area contributed by atoms with E-state index in [-0.39, 0.29) is 0 Å². The smallest absolute Gasteiger partial charge is 0.120 e. The molecule has 0 bridgehead atoms. The van der Waals surface area contributed by atoms with Gasteiger partial charge in [0, 0.05) is 3.57 Å². The third-order valence-electron chi connectivity index (χ3n) is 1.60. The van der Waals surface area contributed by atoms with Crippen molar-refractivity contribution in [2.24, 2.45) is 5.92 Å². The minimum absolute atomic E-state index is 0.582. The molecule has 0 saturated heterocycles. The monoisotopic (exact) mass is 290 g/mol. The molecule has 0 aromatic heterocycles. The summed E-state index contributed by atoms with van der Waals surface area (Å²) < 4.78 is 6.86. The normalized spacial score (nSPS) is 10.5. The lowest BCUT2D eigenvalue weighted by molar-refractivity contribution is 0.271. The summed E-state index contributed by atoms with van der Waals surface area (Å²) in [7, 11) is 0. The van der Waals surface area contributed by atoms with Gasteiger partial charge in [0.25, 0.3) is 0 Å². The SMILES string of the molecule is Cc1cc(I)cc(OCC(C)C)c1. The van der Waals surface area contributed by atoms with E-state index in [0.29, 0.717) is 5.92 Å². The van der Waals surface area contributed by atoms with Crippen molar-refractivity contribution in [2.75, 3.05) is 6.61 Å². The highest BCUT2D eigenvalue weighted by atomic mass is 127. The summed E-state index contributed by atoms with van der Waals surface area (Å²) in [5.74, 6) is 1.57. The molecule has 0 heterocycles. The van der Waals surface area contributed by atoms with Gasteiger partial charge in [-0.15, -0.1) is 0 Å². The van der Waals surface area contributed by atoms with Crippen LogP contribution in [-0.4, -0.2) is 6.61 Å². The fourth-order valence-corrected chi connectivity index (χ4v) is 1.85. The molecule has 0 unspecified atom stereocenters. The first-order valence-electron chi connectivity index (χ1n) is 4.48. The maximum Gasteiger partial charge on any atom is 0.120 e. The molecule has 1 aromatic carbocycles. The molecule has 0 radical (unpaired) electrons. The molecule has 13 heavy (non-hydrogen) atoms. The van der Waals surface area contributed by atoms with Crippen molar-refractivity contribution in [3.63, 3.8) is 0 Å². The fraction of sp³-hybridized carbons (Fsp3) is 0.455. The molecule has 72 valence electrons. The average Bonchev–Trinajstić information content (AvgIpc) is 1.99. The summed E-state index contributed by atoms with van der Waals surface area (Å²) in [5, 5.41) is 0. The van der Waals surface area contributed by atoms with E-state index in [4.69, 9.17) is 4.74 Å². The highest BCUT2D eigenvalue weighted by Crippen LogP contribution is 2.18. The summed E-state index contributed by atoms with van der Waals surface area (Å²) in [4.78, 5) is 0. The van der Waals surface area contributed by atoms with Crippen molar-refractivity contribution in [2.45, 2.75) is 20.8 Å². The van der Waals surface area contributed by atoms with Crippen LogP contribution in [0.4, 0.5) is 0 Å². The maximum absolute atomic E-state index is 5.62.